The van der Waals surface area contributed by atoms with Crippen LogP contribution in [0, 0.1) is 13.8 Å². The minimum Gasteiger partial charge on any atom is -0.247 e. The fourth-order valence-corrected chi connectivity index (χ4v) is 4.94. The first-order valence-corrected chi connectivity index (χ1v) is 10.4. The van der Waals surface area contributed by atoms with Crippen LogP contribution >= 0.6 is 0 Å². The molecule has 2 aromatic carbocycles. The second-order valence-corrected chi connectivity index (χ2v) is 8.94. The minimum absolute atomic E-state index is 0.00344. The highest BCUT2D eigenvalue weighted by molar-refractivity contribution is 7.89. The molecule has 6 nitrogen and oxygen atoms in total. The first kappa shape index (κ1) is 17.9. The number of benzene rings is 2. The zero-order valence-corrected chi connectivity index (χ0v) is 16.2. The largest absolute Gasteiger partial charge is 0.247 e. The Labute approximate surface area is 159 Å². The lowest BCUT2D eigenvalue weighted by Crippen LogP contribution is -2.29. The highest BCUT2D eigenvalue weighted by atomic mass is 32.2. The Morgan fingerprint density at radius 3 is 2.56 bits per heavy atom. The Bertz CT molecular complexity index is 1060. The van der Waals surface area contributed by atoms with Crippen LogP contribution in [0.15, 0.2) is 59.6 Å². The highest BCUT2D eigenvalue weighted by Crippen LogP contribution is 2.28. The number of hydrogen-bond acceptors (Lipinski definition) is 4. The second kappa shape index (κ2) is 6.90. The molecule has 0 spiro atoms. The van der Waals surface area contributed by atoms with Gasteiger partial charge in [0.05, 0.1) is 17.1 Å². The molecular formula is C20H22N4O2S. The van der Waals surface area contributed by atoms with E-state index in [0.717, 1.165) is 28.8 Å². The van der Waals surface area contributed by atoms with Crippen molar-refractivity contribution in [2.24, 2.45) is 0 Å². The SMILES string of the molecule is Cc1ccc(S(=O)(=O)N2CCC(n3cc(-c4ccccc4)nn3)C2)cc1C. The van der Waals surface area contributed by atoms with Crippen LogP contribution in [0.2, 0.25) is 0 Å². The summed E-state index contributed by atoms with van der Waals surface area (Å²) in [4.78, 5) is 0.356. The fourth-order valence-electron chi connectivity index (χ4n) is 3.36. The Balaban J connectivity index is 1.53. The molecule has 27 heavy (non-hydrogen) atoms. The van der Waals surface area contributed by atoms with Crippen LogP contribution in [0.4, 0.5) is 0 Å². The lowest BCUT2D eigenvalue weighted by atomic mass is 10.1. The van der Waals surface area contributed by atoms with E-state index in [1.807, 2.05) is 56.4 Å². The first-order valence-electron chi connectivity index (χ1n) is 9.00. The standard InChI is InChI=1S/C20H22N4O2S/c1-15-8-9-19(12-16(15)2)27(25,26)23-11-10-18(13-23)24-14-20(21-22-24)17-6-4-3-5-7-17/h3-9,12,14,18H,10-11,13H2,1-2H3. The third-order valence-corrected chi connectivity index (χ3v) is 7.06. The molecule has 3 aromatic rings. The molecule has 1 saturated heterocycles. The van der Waals surface area contributed by atoms with Gasteiger partial charge in [-0.3, -0.25) is 0 Å². The molecule has 7 heteroatoms. The van der Waals surface area contributed by atoms with Crippen LogP contribution in [-0.4, -0.2) is 40.8 Å². The molecule has 140 valence electrons. The molecule has 1 unspecified atom stereocenters. The van der Waals surface area contributed by atoms with Crippen LogP contribution in [0.3, 0.4) is 0 Å². The average molecular weight is 382 g/mol. The van der Waals surface area contributed by atoms with Gasteiger partial charge in [0.25, 0.3) is 0 Å². The normalized spacial score (nSPS) is 18.1. The molecule has 0 amide bonds. The summed E-state index contributed by atoms with van der Waals surface area (Å²) in [5.41, 5.74) is 3.87. The number of sulfonamides is 1. The van der Waals surface area contributed by atoms with Gasteiger partial charge in [-0.15, -0.1) is 5.10 Å². The summed E-state index contributed by atoms with van der Waals surface area (Å²) < 4.78 is 29.3. The number of aryl methyl sites for hydroxylation is 2. The Morgan fingerprint density at radius 1 is 1.04 bits per heavy atom. The van der Waals surface area contributed by atoms with Crippen molar-refractivity contribution in [1.82, 2.24) is 19.3 Å². The first-order chi connectivity index (χ1) is 12.9. The predicted molar refractivity (Wildman–Crippen MR) is 104 cm³/mol. The summed E-state index contributed by atoms with van der Waals surface area (Å²) in [5.74, 6) is 0. The molecule has 0 aliphatic carbocycles. The van der Waals surface area contributed by atoms with Crippen LogP contribution in [-0.2, 0) is 10.0 Å². The third kappa shape index (κ3) is 3.40. The monoisotopic (exact) mass is 382 g/mol. The average Bonchev–Trinajstić information content (AvgIpc) is 3.34. The van der Waals surface area contributed by atoms with Crippen molar-refractivity contribution >= 4 is 10.0 Å². The van der Waals surface area contributed by atoms with Crippen LogP contribution < -0.4 is 0 Å². The molecule has 1 aliphatic rings. The van der Waals surface area contributed by atoms with Gasteiger partial charge < -0.3 is 0 Å². The van der Waals surface area contributed by atoms with E-state index in [2.05, 4.69) is 10.3 Å². The Kier molecular flexibility index (Phi) is 4.57. The van der Waals surface area contributed by atoms with Crippen molar-refractivity contribution in [3.8, 4) is 11.3 Å². The van der Waals surface area contributed by atoms with E-state index < -0.39 is 10.0 Å². The lowest BCUT2D eigenvalue weighted by Gasteiger charge is -2.17. The number of hydrogen-bond donors (Lipinski definition) is 0. The van der Waals surface area contributed by atoms with Gasteiger partial charge in [0, 0.05) is 18.7 Å². The lowest BCUT2D eigenvalue weighted by molar-refractivity contribution is 0.428. The molecule has 1 atom stereocenters. The Hall–Kier alpha value is -2.51. The van der Waals surface area contributed by atoms with E-state index in [1.165, 1.54) is 0 Å². The molecule has 0 bridgehead atoms. The van der Waals surface area contributed by atoms with Crippen LogP contribution in [0.1, 0.15) is 23.6 Å². The van der Waals surface area contributed by atoms with E-state index in [9.17, 15) is 8.42 Å². The maximum absolute atomic E-state index is 13.0. The van der Waals surface area contributed by atoms with Crippen LogP contribution in [0.25, 0.3) is 11.3 Å². The molecule has 2 heterocycles. The van der Waals surface area contributed by atoms with Gasteiger partial charge in [-0.25, -0.2) is 13.1 Å². The maximum atomic E-state index is 13.0. The molecular weight excluding hydrogens is 360 g/mol. The van der Waals surface area contributed by atoms with Crippen molar-refractivity contribution in [1.29, 1.82) is 0 Å². The van der Waals surface area contributed by atoms with Crippen molar-refractivity contribution < 1.29 is 8.42 Å². The molecule has 4 rings (SSSR count). The van der Waals surface area contributed by atoms with E-state index in [4.69, 9.17) is 0 Å². The second-order valence-electron chi connectivity index (χ2n) is 7.00. The molecule has 0 N–H and O–H groups in total. The topological polar surface area (TPSA) is 68.1 Å². The summed E-state index contributed by atoms with van der Waals surface area (Å²) >= 11 is 0. The van der Waals surface area contributed by atoms with Crippen molar-refractivity contribution in [2.45, 2.75) is 31.2 Å². The summed E-state index contributed by atoms with van der Waals surface area (Å²) in [6.45, 7) is 4.81. The van der Waals surface area contributed by atoms with E-state index >= 15 is 0 Å². The quantitative estimate of drug-likeness (QED) is 0.695. The zero-order chi connectivity index (χ0) is 19.0. The van der Waals surface area contributed by atoms with Gasteiger partial charge >= 0.3 is 0 Å². The van der Waals surface area contributed by atoms with Crippen molar-refractivity contribution in [3.63, 3.8) is 0 Å². The molecule has 0 saturated carbocycles. The van der Waals surface area contributed by atoms with Gasteiger partial charge in [-0.2, -0.15) is 4.31 Å². The van der Waals surface area contributed by atoms with Gasteiger partial charge in [0.1, 0.15) is 5.69 Å². The molecule has 1 aromatic heterocycles. The number of nitrogens with zero attached hydrogens (tertiary/aromatic N) is 4. The summed E-state index contributed by atoms with van der Waals surface area (Å²) in [7, 11) is -3.49. The third-order valence-electron chi connectivity index (χ3n) is 5.20. The zero-order valence-electron chi connectivity index (χ0n) is 15.4. The van der Waals surface area contributed by atoms with Crippen LogP contribution in [0.5, 0.6) is 0 Å². The summed E-state index contributed by atoms with van der Waals surface area (Å²) in [6.07, 6.45) is 2.62. The predicted octanol–water partition coefficient (Wildman–Crippen LogP) is 3.20. The molecule has 1 aliphatic heterocycles. The summed E-state index contributed by atoms with van der Waals surface area (Å²) in [6, 6.07) is 15.1. The highest BCUT2D eigenvalue weighted by Gasteiger charge is 2.34. The van der Waals surface area contributed by atoms with E-state index in [-0.39, 0.29) is 6.04 Å². The van der Waals surface area contributed by atoms with E-state index in [1.54, 1.807) is 21.1 Å². The van der Waals surface area contributed by atoms with Gasteiger partial charge in [0.15, 0.2) is 0 Å². The van der Waals surface area contributed by atoms with Crippen molar-refractivity contribution in [2.75, 3.05) is 13.1 Å². The van der Waals surface area contributed by atoms with Gasteiger partial charge in [0.2, 0.25) is 10.0 Å². The fraction of sp³-hybridized carbons (Fsp3) is 0.300. The van der Waals surface area contributed by atoms with Gasteiger partial charge in [-0.1, -0.05) is 41.6 Å². The van der Waals surface area contributed by atoms with E-state index in [0.29, 0.717) is 18.0 Å². The van der Waals surface area contributed by atoms with Crippen molar-refractivity contribution in [3.05, 3.63) is 65.9 Å². The molecule has 0 radical (unpaired) electrons. The number of aromatic nitrogens is 3. The maximum Gasteiger partial charge on any atom is 0.243 e. The Morgan fingerprint density at radius 2 is 1.81 bits per heavy atom. The number of rotatable bonds is 4. The minimum atomic E-state index is -3.49. The van der Waals surface area contributed by atoms with Gasteiger partial charge in [-0.05, 0) is 43.5 Å². The smallest absolute Gasteiger partial charge is 0.243 e. The molecule has 1 fully saturated rings. The summed E-state index contributed by atoms with van der Waals surface area (Å²) in [5, 5.41) is 8.48.